The summed E-state index contributed by atoms with van der Waals surface area (Å²) >= 11 is 0. The van der Waals surface area contributed by atoms with Gasteiger partial charge in [-0.3, -0.25) is 4.98 Å². The number of nitriles is 1. The van der Waals surface area contributed by atoms with E-state index in [2.05, 4.69) is 26.5 Å². The number of alkyl halides is 2. The number of hydrogen-bond donors (Lipinski definition) is 1. The van der Waals surface area contributed by atoms with Crippen LogP contribution in [-0.4, -0.2) is 39.7 Å². The van der Waals surface area contributed by atoms with Crippen molar-refractivity contribution in [3.63, 3.8) is 0 Å². The Morgan fingerprint density at radius 3 is 2.62 bits per heavy atom. The third-order valence-electron chi connectivity index (χ3n) is 8.90. The van der Waals surface area contributed by atoms with E-state index in [1.54, 1.807) is 19.2 Å². The first kappa shape index (κ1) is 26.9. The van der Waals surface area contributed by atoms with Crippen molar-refractivity contribution in [3.8, 4) is 6.07 Å². The first-order valence-corrected chi connectivity index (χ1v) is 14.5. The zero-order valence-electron chi connectivity index (χ0n) is 22.9. The van der Waals surface area contributed by atoms with Gasteiger partial charge in [-0.2, -0.15) is 10.4 Å². The molecule has 1 N–H and O–H groups in total. The third kappa shape index (κ3) is 5.14. The monoisotopic (exact) mass is 548 g/mol. The number of pyridine rings is 1. The van der Waals surface area contributed by atoms with E-state index in [9.17, 15) is 5.26 Å². The maximum Gasteiger partial charge on any atom is 0.276 e. The Morgan fingerprint density at radius 2 is 1.85 bits per heavy atom. The summed E-state index contributed by atoms with van der Waals surface area (Å²) in [6.07, 6.45) is 8.95. The lowest BCUT2D eigenvalue weighted by molar-refractivity contribution is -0.0592. The molecule has 5 heterocycles. The molecule has 8 bridgehead atoms. The predicted octanol–water partition coefficient (Wildman–Crippen LogP) is 6.81. The van der Waals surface area contributed by atoms with Crippen molar-refractivity contribution in [1.29, 1.82) is 5.26 Å². The van der Waals surface area contributed by atoms with Gasteiger partial charge in [-0.05, 0) is 57.6 Å². The number of benzene rings is 1. The van der Waals surface area contributed by atoms with E-state index in [0.29, 0.717) is 18.9 Å². The number of nitrogens with one attached hydrogen (secondary N) is 1. The van der Waals surface area contributed by atoms with E-state index >= 15 is 13.2 Å². The van der Waals surface area contributed by atoms with Crippen molar-refractivity contribution < 1.29 is 13.2 Å². The smallest absolute Gasteiger partial charge is 0.276 e. The first-order chi connectivity index (χ1) is 19.3. The second-order valence-electron chi connectivity index (χ2n) is 11.9. The van der Waals surface area contributed by atoms with Gasteiger partial charge >= 0.3 is 0 Å². The summed E-state index contributed by atoms with van der Waals surface area (Å²) in [6, 6.07) is 7.95. The highest BCUT2D eigenvalue weighted by molar-refractivity contribution is 5.93. The van der Waals surface area contributed by atoms with Crippen molar-refractivity contribution in [2.75, 3.05) is 25.0 Å². The van der Waals surface area contributed by atoms with Gasteiger partial charge in [-0.25, -0.2) is 13.2 Å². The van der Waals surface area contributed by atoms with Gasteiger partial charge in [0.2, 0.25) is 0 Å². The number of nitrogens with zero attached hydrogens (tertiary/aromatic N) is 5. The number of halogens is 3. The van der Waals surface area contributed by atoms with Crippen LogP contribution >= 0.6 is 0 Å². The highest BCUT2D eigenvalue weighted by atomic mass is 19.3. The Labute approximate surface area is 233 Å². The molecule has 0 radical (unpaired) electrons. The van der Waals surface area contributed by atoms with Gasteiger partial charge in [0.05, 0.1) is 40.7 Å². The van der Waals surface area contributed by atoms with Gasteiger partial charge in [0.15, 0.2) is 5.82 Å². The average molecular weight is 549 g/mol. The number of rotatable bonds is 1. The molecule has 9 heteroatoms. The SMILES string of the molecule is C[C@H]1Nc2nncc3c(nc(C4(C#N)CC4)cc23)CCCCCCCN2CC(C2)CC(F)(F)c2cccc1c2F. The summed E-state index contributed by atoms with van der Waals surface area (Å²) in [5.41, 5.74) is 0.654. The minimum absolute atomic E-state index is 0.133. The third-order valence-corrected chi connectivity index (χ3v) is 8.90. The van der Waals surface area contributed by atoms with Crippen molar-refractivity contribution in [2.45, 2.75) is 82.1 Å². The van der Waals surface area contributed by atoms with Crippen LogP contribution in [0.5, 0.6) is 0 Å². The lowest BCUT2D eigenvalue weighted by atomic mass is 9.88. The van der Waals surface area contributed by atoms with Crippen LogP contribution < -0.4 is 5.32 Å². The molecular weight excluding hydrogens is 513 g/mol. The number of aryl methyl sites for hydroxylation is 1. The van der Waals surface area contributed by atoms with Gasteiger partial charge in [0.1, 0.15) is 5.82 Å². The fourth-order valence-electron chi connectivity index (χ4n) is 6.31. The number of aromatic nitrogens is 3. The molecule has 1 aliphatic carbocycles. The van der Waals surface area contributed by atoms with Crippen molar-refractivity contribution in [3.05, 3.63) is 58.8 Å². The maximum atomic E-state index is 15.7. The largest absolute Gasteiger partial charge is 0.361 e. The lowest BCUT2D eigenvalue weighted by Crippen LogP contribution is -2.48. The quantitative estimate of drug-likeness (QED) is 0.360. The van der Waals surface area contributed by atoms with E-state index in [1.807, 2.05) is 6.07 Å². The number of hydrogen-bond acceptors (Lipinski definition) is 6. The molecule has 3 aromatic rings. The van der Waals surface area contributed by atoms with Gasteiger partial charge in [-0.1, -0.05) is 37.5 Å². The molecule has 1 saturated carbocycles. The standard InChI is InChI=1S/C31H35F3N6/c1-20-22-8-7-9-25(28(22)32)31(33,34)15-21-17-40(18-21)13-6-4-2-3-5-10-26-24-16-36-39-29(37-20)23(24)14-27(38-26)30(19-35)11-12-30/h7-9,14,16,20-21H,2-6,10-13,15,17-18H2,1H3,(H,37,39)/t20-/m1/s1. The van der Waals surface area contributed by atoms with Crippen molar-refractivity contribution >= 4 is 16.6 Å². The van der Waals surface area contributed by atoms with E-state index in [0.717, 1.165) is 80.1 Å². The second-order valence-corrected chi connectivity index (χ2v) is 11.9. The van der Waals surface area contributed by atoms with Crippen LogP contribution in [0.2, 0.25) is 0 Å². The van der Waals surface area contributed by atoms with Crippen LogP contribution in [-0.2, 0) is 17.8 Å². The molecule has 3 aliphatic heterocycles. The molecule has 4 aliphatic rings. The molecule has 2 aromatic heterocycles. The fourth-order valence-corrected chi connectivity index (χ4v) is 6.31. The Morgan fingerprint density at radius 1 is 1.07 bits per heavy atom. The Balaban J connectivity index is 1.38. The number of fused-ring (bicyclic) bond motifs is 8. The molecule has 7 rings (SSSR count). The molecule has 0 spiro atoms. The van der Waals surface area contributed by atoms with Gasteiger partial charge in [0, 0.05) is 35.8 Å². The van der Waals surface area contributed by atoms with Crippen LogP contribution in [0.3, 0.4) is 0 Å². The molecule has 0 amide bonds. The molecule has 2 fully saturated rings. The average Bonchev–Trinajstić information content (AvgIpc) is 3.72. The fraction of sp³-hybridized carbons (Fsp3) is 0.548. The van der Waals surface area contributed by atoms with E-state index in [4.69, 9.17) is 4.98 Å². The normalized spacial score (nSPS) is 26.1. The highest BCUT2D eigenvalue weighted by Gasteiger charge is 2.47. The number of anilines is 1. The molecule has 40 heavy (non-hydrogen) atoms. The topological polar surface area (TPSA) is 77.7 Å². The zero-order valence-corrected chi connectivity index (χ0v) is 22.9. The first-order valence-electron chi connectivity index (χ1n) is 14.5. The molecule has 210 valence electrons. The van der Waals surface area contributed by atoms with Crippen molar-refractivity contribution in [2.24, 2.45) is 5.92 Å². The van der Waals surface area contributed by atoms with Crippen molar-refractivity contribution in [1.82, 2.24) is 20.1 Å². The summed E-state index contributed by atoms with van der Waals surface area (Å²) in [5, 5.41) is 23.3. The minimum atomic E-state index is -3.25. The van der Waals surface area contributed by atoms with Crippen LogP contribution in [0.15, 0.2) is 30.5 Å². The minimum Gasteiger partial charge on any atom is -0.361 e. The van der Waals surface area contributed by atoms with Gasteiger partial charge in [-0.15, -0.1) is 5.10 Å². The highest BCUT2D eigenvalue weighted by Crippen LogP contribution is 2.48. The molecule has 1 atom stereocenters. The summed E-state index contributed by atoms with van der Waals surface area (Å²) in [4.78, 5) is 7.18. The van der Waals surface area contributed by atoms with E-state index in [1.165, 1.54) is 12.1 Å². The summed E-state index contributed by atoms with van der Waals surface area (Å²) in [7, 11) is 0. The van der Waals surface area contributed by atoms with E-state index < -0.39 is 28.8 Å². The molecule has 1 saturated heterocycles. The lowest BCUT2D eigenvalue weighted by Gasteiger charge is -2.41. The van der Waals surface area contributed by atoms with Crippen LogP contribution in [0.25, 0.3) is 10.8 Å². The summed E-state index contributed by atoms with van der Waals surface area (Å²) < 4.78 is 46.4. The predicted molar refractivity (Wildman–Crippen MR) is 148 cm³/mol. The molecule has 1 aromatic carbocycles. The second kappa shape index (κ2) is 10.6. The maximum absolute atomic E-state index is 15.7. The Hall–Kier alpha value is -3.25. The van der Waals surface area contributed by atoms with Gasteiger partial charge < -0.3 is 10.2 Å². The Bertz CT molecular complexity index is 1440. The van der Waals surface area contributed by atoms with Crippen LogP contribution in [0.4, 0.5) is 19.0 Å². The van der Waals surface area contributed by atoms with E-state index in [-0.39, 0.29) is 17.9 Å². The Kier molecular flexibility index (Phi) is 7.16. The van der Waals surface area contributed by atoms with Crippen LogP contribution in [0.1, 0.15) is 86.8 Å². The summed E-state index contributed by atoms with van der Waals surface area (Å²) in [5.74, 6) is -3.83. The van der Waals surface area contributed by atoms with Crippen LogP contribution in [0, 0.1) is 23.1 Å². The zero-order chi connectivity index (χ0) is 27.9. The molecular formula is C31H35F3N6. The molecule has 6 nitrogen and oxygen atoms in total. The summed E-state index contributed by atoms with van der Waals surface area (Å²) in [6.45, 7) is 3.94. The van der Waals surface area contributed by atoms with Gasteiger partial charge in [0.25, 0.3) is 5.92 Å². The molecule has 0 unspecified atom stereocenters.